The first-order valence-electron chi connectivity index (χ1n) is 7.16. The Kier molecular flexibility index (Phi) is 4.35. The quantitative estimate of drug-likeness (QED) is 0.455. The van der Waals surface area contributed by atoms with Crippen LogP contribution in [0.25, 0.3) is 10.9 Å². The van der Waals surface area contributed by atoms with Crippen LogP contribution in [-0.4, -0.2) is 38.7 Å². The van der Waals surface area contributed by atoms with Gasteiger partial charge in [0, 0.05) is 19.2 Å². The maximum absolute atomic E-state index is 14.5. The Balaban J connectivity index is 2.26. The lowest BCUT2D eigenvalue weighted by molar-refractivity contribution is -0.385. The van der Waals surface area contributed by atoms with Gasteiger partial charge in [-0.15, -0.1) is 0 Å². The summed E-state index contributed by atoms with van der Waals surface area (Å²) in [7, 11) is 0. The normalized spacial score (nSPS) is 21.3. The zero-order chi connectivity index (χ0) is 17.6. The van der Waals surface area contributed by atoms with Crippen molar-refractivity contribution >= 4 is 49.9 Å². The van der Waals surface area contributed by atoms with Crippen molar-refractivity contribution in [2.45, 2.75) is 25.4 Å². The van der Waals surface area contributed by atoms with E-state index in [4.69, 9.17) is 11.6 Å². The van der Waals surface area contributed by atoms with Crippen molar-refractivity contribution in [1.82, 2.24) is 9.97 Å². The van der Waals surface area contributed by atoms with E-state index in [-0.39, 0.29) is 33.0 Å². The molecular formula is C14H13BrClFN4O3. The number of rotatable bonds is 2. The highest BCUT2D eigenvalue weighted by Crippen LogP contribution is 2.38. The highest BCUT2D eigenvalue weighted by Gasteiger charge is 2.31. The summed E-state index contributed by atoms with van der Waals surface area (Å²) in [6.07, 6.45) is 1.33. The lowest BCUT2D eigenvalue weighted by atomic mass is 9.95. The zero-order valence-electron chi connectivity index (χ0n) is 12.6. The number of aliphatic hydroxyl groups is 1. The van der Waals surface area contributed by atoms with E-state index in [1.54, 1.807) is 11.8 Å². The second-order valence-corrected chi connectivity index (χ2v) is 7.15. The number of aromatic nitrogens is 2. The lowest BCUT2D eigenvalue weighted by Crippen LogP contribution is -2.46. The third-order valence-corrected chi connectivity index (χ3v) is 4.90. The number of anilines is 1. The largest absolute Gasteiger partial charge is 0.388 e. The minimum Gasteiger partial charge on any atom is -0.388 e. The minimum absolute atomic E-state index is 0.104. The number of halogens is 3. The van der Waals surface area contributed by atoms with Gasteiger partial charge in [-0.05, 0) is 47.3 Å². The fourth-order valence-electron chi connectivity index (χ4n) is 2.92. The second kappa shape index (κ2) is 6.05. The fourth-order valence-corrected chi connectivity index (χ4v) is 3.53. The first-order valence-corrected chi connectivity index (χ1v) is 8.34. The molecule has 0 aliphatic carbocycles. The topological polar surface area (TPSA) is 92.4 Å². The molecule has 0 bridgehead atoms. The predicted molar refractivity (Wildman–Crippen MR) is 90.9 cm³/mol. The highest BCUT2D eigenvalue weighted by molar-refractivity contribution is 9.10. The van der Waals surface area contributed by atoms with E-state index in [0.29, 0.717) is 19.4 Å². The van der Waals surface area contributed by atoms with E-state index in [0.717, 1.165) is 0 Å². The molecule has 0 radical (unpaired) electrons. The summed E-state index contributed by atoms with van der Waals surface area (Å²) < 4.78 is 14.2. The minimum atomic E-state index is -0.929. The van der Waals surface area contributed by atoms with Gasteiger partial charge in [-0.3, -0.25) is 10.1 Å². The molecule has 3 rings (SSSR count). The van der Waals surface area contributed by atoms with E-state index in [1.165, 1.54) is 6.07 Å². The van der Waals surface area contributed by atoms with Crippen LogP contribution in [0.3, 0.4) is 0 Å². The summed E-state index contributed by atoms with van der Waals surface area (Å²) in [5.74, 6) is -0.590. The number of nitro groups is 1. The van der Waals surface area contributed by atoms with E-state index in [9.17, 15) is 19.6 Å². The van der Waals surface area contributed by atoms with Crippen molar-refractivity contribution in [3.63, 3.8) is 0 Å². The molecule has 10 heteroatoms. The van der Waals surface area contributed by atoms with Crippen molar-refractivity contribution < 1.29 is 14.4 Å². The molecule has 1 aliphatic rings. The van der Waals surface area contributed by atoms with Gasteiger partial charge in [-0.25, -0.2) is 9.37 Å². The molecule has 0 saturated carbocycles. The van der Waals surface area contributed by atoms with Crippen LogP contribution in [0.2, 0.25) is 5.28 Å². The van der Waals surface area contributed by atoms with E-state index in [1.807, 2.05) is 0 Å². The summed E-state index contributed by atoms with van der Waals surface area (Å²) in [5.41, 5.74) is -1.45. The summed E-state index contributed by atoms with van der Waals surface area (Å²) in [6, 6.07) is 1.22. The molecule has 1 N–H and O–H groups in total. The Bertz CT molecular complexity index is 849. The van der Waals surface area contributed by atoms with Crippen molar-refractivity contribution in [1.29, 1.82) is 0 Å². The first-order chi connectivity index (χ1) is 11.2. The molecule has 128 valence electrons. The van der Waals surface area contributed by atoms with Crippen molar-refractivity contribution in [2.75, 3.05) is 18.0 Å². The number of fused-ring (bicyclic) bond motifs is 1. The molecule has 1 aliphatic heterocycles. The smallest absolute Gasteiger partial charge is 0.287 e. The third-order valence-electron chi connectivity index (χ3n) is 3.98. The van der Waals surface area contributed by atoms with Crippen molar-refractivity contribution in [3.8, 4) is 0 Å². The van der Waals surface area contributed by atoms with Crippen LogP contribution in [0.4, 0.5) is 15.9 Å². The van der Waals surface area contributed by atoms with Gasteiger partial charge in [0.05, 0.1) is 15.9 Å². The van der Waals surface area contributed by atoms with E-state index >= 15 is 0 Å². The number of nitro benzene ring substituents is 1. The summed E-state index contributed by atoms with van der Waals surface area (Å²) in [6.45, 7) is 2.54. The molecule has 1 fully saturated rings. The molecule has 0 spiro atoms. The number of benzene rings is 1. The van der Waals surface area contributed by atoms with E-state index in [2.05, 4.69) is 25.9 Å². The lowest BCUT2D eigenvalue weighted by Gasteiger charge is -2.37. The highest BCUT2D eigenvalue weighted by atomic mass is 79.9. The second-order valence-electron chi connectivity index (χ2n) is 6.02. The number of piperidine rings is 1. The molecule has 2 aromatic rings. The van der Waals surface area contributed by atoms with Gasteiger partial charge in [0.15, 0.2) is 5.82 Å². The average Bonchev–Trinajstić information content (AvgIpc) is 2.49. The van der Waals surface area contributed by atoms with Crippen LogP contribution in [0.5, 0.6) is 0 Å². The van der Waals surface area contributed by atoms with Gasteiger partial charge in [-0.1, -0.05) is 0 Å². The van der Waals surface area contributed by atoms with Crippen molar-refractivity contribution in [2.24, 2.45) is 0 Å². The van der Waals surface area contributed by atoms with Gasteiger partial charge < -0.3 is 10.0 Å². The third kappa shape index (κ3) is 3.03. The maximum atomic E-state index is 14.5. The van der Waals surface area contributed by atoms with Crippen LogP contribution in [-0.2, 0) is 0 Å². The first kappa shape index (κ1) is 17.2. The summed E-state index contributed by atoms with van der Waals surface area (Å²) >= 11 is 8.80. The van der Waals surface area contributed by atoms with Crippen molar-refractivity contribution in [3.05, 3.63) is 31.8 Å². The molecule has 2 heterocycles. The molecular weight excluding hydrogens is 407 g/mol. The molecule has 24 heavy (non-hydrogen) atoms. The Hall–Kier alpha value is -1.58. The number of hydrogen-bond acceptors (Lipinski definition) is 6. The Morgan fingerprint density at radius 1 is 1.54 bits per heavy atom. The number of β-amino-alcohol motifs (C(OH)–C–C–N with tert-alkyl or cyclic N) is 1. The molecule has 1 aromatic carbocycles. The molecule has 7 nitrogen and oxygen atoms in total. The molecule has 1 atom stereocenters. The monoisotopic (exact) mass is 418 g/mol. The van der Waals surface area contributed by atoms with Gasteiger partial charge in [-0.2, -0.15) is 4.98 Å². The molecule has 1 unspecified atom stereocenters. The molecule has 0 amide bonds. The zero-order valence-corrected chi connectivity index (χ0v) is 14.9. The number of hydrogen-bond donors (Lipinski definition) is 1. The average molecular weight is 420 g/mol. The van der Waals surface area contributed by atoms with Crippen LogP contribution < -0.4 is 4.90 Å². The fraction of sp³-hybridized carbons (Fsp3) is 0.429. The Morgan fingerprint density at radius 3 is 2.88 bits per heavy atom. The number of nitrogens with zero attached hydrogens (tertiary/aromatic N) is 4. The van der Waals surface area contributed by atoms with Gasteiger partial charge in [0.1, 0.15) is 15.8 Å². The van der Waals surface area contributed by atoms with Gasteiger partial charge in [0.25, 0.3) is 5.69 Å². The predicted octanol–water partition coefficient (Wildman–Crippen LogP) is 3.44. The van der Waals surface area contributed by atoms with Crippen LogP contribution in [0.1, 0.15) is 19.8 Å². The van der Waals surface area contributed by atoms with E-state index < -0.39 is 22.0 Å². The van der Waals surface area contributed by atoms with Crippen LogP contribution >= 0.6 is 27.5 Å². The van der Waals surface area contributed by atoms with Crippen LogP contribution in [0.15, 0.2) is 10.5 Å². The summed E-state index contributed by atoms with van der Waals surface area (Å²) in [4.78, 5) is 20.2. The maximum Gasteiger partial charge on any atom is 0.287 e. The Morgan fingerprint density at radius 2 is 2.25 bits per heavy atom. The van der Waals surface area contributed by atoms with Gasteiger partial charge in [0.2, 0.25) is 5.28 Å². The molecule has 1 saturated heterocycles. The summed E-state index contributed by atoms with van der Waals surface area (Å²) in [5, 5.41) is 21.5. The van der Waals surface area contributed by atoms with Gasteiger partial charge >= 0.3 is 0 Å². The standard InChI is InChI=1S/C14H13BrClFN4O3/c1-14(22)3-2-4-20(6-14)12-7-5-8(21(23)24)9(15)10(17)11(7)18-13(16)19-12/h5,22H,2-4,6H2,1H3. The van der Waals surface area contributed by atoms with Crippen LogP contribution in [0, 0.1) is 15.9 Å². The SMILES string of the molecule is CC1(O)CCCN(c2nc(Cl)nc3c(F)c(Br)c([N+](=O)[O-])cc23)C1. The Labute approximate surface area is 149 Å². The molecule has 1 aromatic heterocycles.